The van der Waals surface area contributed by atoms with Gasteiger partial charge in [0.2, 0.25) is 0 Å². The number of nitrogen functional groups attached to an aromatic ring is 1. The van der Waals surface area contributed by atoms with Crippen molar-refractivity contribution in [3.63, 3.8) is 0 Å². The molecule has 154 valence electrons. The summed E-state index contributed by atoms with van der Waals surface area (Å²) in [4.78, 5) is 6.83. The Morgan fingerprint density at radius 1 is 1.13 bits per heavy atom. The van der Waals surface area contributed by atoms with E-state index in [9.17, 15) is 10.4 Å². The van der Waals surface area contributed by atoms with Crippen LogP contribution in [0.2, 0.25) is 0 Å². The molecule has 0 aliphatic carbocycles. The number of phenols is 1. The quantitative estimate of drug-likeness (QED) is 0.649. The Morgan fingerprint density at radius 3 is 2.60 bits per heavy atom. The summed E-state index contributed by atoms with van der Waals surface area (Å²) in [6, 6.07) is 21.7. The molecule has 1 atom stereocenters. The highest BCUT2D eigenvalue weighted by atomic mass is 16.3. The van der Waals surface area contributed by atoms with Crippen molar-refractivity contribution in [2.75, 3.05) is 18.8 Å². The molecule has 4 rings (SSSR count). The molecule has 2 heterocycles. The Hall–Kier alpha value is -3.36. The zero-order valence-corrected chi connectivity index (χ0v) is 16.3. The lowest BCUT2D eigenvalue weighted by Crippen LogP contribution is -2.34. The van der Waals surface area contributed by atoms with E-state index in [4.69, 9.17) is 5.73 Å². The summed E-state index contributed by atoms with van der Waals surface area (Å²) in [7, 11) is 0. The molecule has 5 nitrogen and oxygen atoms in total. The molecule has 0 bridgehead atoms. The van der Waals surface area contributed by atoms with Gasteiger partial charge in [-0.1, -0.05) is 49.9 Å². The molecule has 5 heteroatoms. The van der Waals surface area contributed by atoms with E-state index in [1.807, 2.05) is 24.3 Å². The molecule has 1 saturated heterocycles. The van der Waals surface area contributed by atoms with Crippen LogP contribution < -0.4 is 5.73 Å². The Balaban J connectivity index is 0.00000256. The fourth-order valence-corrected chi connectivity index (χ4v) is 4.15. The number of nitrogens with two attached hydrogens (primary N) is 1. The molecular weight excluding hydrogens is 372 g/mol. The molecule has 0 amide bonds. The molecule has 1 fully saturated rings. The number of pyridine rings is 1. The van der Waals surface area contributed by atoms with Crippen LogP contribution in [-0.4, -0.2) is 28.1 Å². The highest BCUT2D eigenvalue weighted by Gasteiger charge is 2.26. The molecule has 1 aliphatic heterocycles. The number of phenolic OH excluding ortho intramolecular Hbond substituents is 1. The third-order valence-electron chi connectivity index (χ3n) is 5.56. The van der Waals surface area contributed by atoms with Gasteiger partial charge in [0.15, 0.2) is 0 Å². The minimum absolute atomic E-state index is 0. The molecule has 3 N–H and O–H groups in total. The number of benzene rings is 2. The van der Waals surface area contributed by atoms with Crippen LogP contribution in [0.25, 0.3) is 11.3 Å². The number of aromatic hydroxyl groups is 1. The average molecular weight is 401 g/mol. The van der Waals surface area contributed by atoms with Crippen LogP contribution in [0.4, 0.5) is 5.82 Å². The number of rotatable bonds is 4. The van der Waals surface area contributed by atoms with Crippen molar-refractivity contribution in [2.45, 2.75) is 32.7 Å². The van der Waals surface area contributed by atoms with E-state index in [1.54, 1.807) is 12.1 Å². The lowest BCUT2D eigenvalue weighted by atomic mass is 9.87. The lowest BCUT2D eigenvalue weighted by molar-refractivity contribution is 0.200. The third-order valence-corrected chi connectivity index (χ3v) is 5.56. The maximum atomic E-state index is 10.2. The zero-order valence-electron chi connectivity index (χ0n) is 16.3. The van der Waals surface area contributed by atoms with Crippen LogP contribution in [-0.2, 0) is 6.54 Å². The lowest BCUT2D eigenvalue weighted by Gasteiger charge is -2.33. The highest BCUT2D eigenvalue weighted by molar-refractivity contribution is 5.71. The molecule has 30 heavy (non-hydrogen) atoms. The molecule has 1 unspecified atom stereocenters. The number of nitrogens with zero attached hydrogens (tertiary/aromatic N) is 3. The van der Waals surface area contributed by atoms with Crippen LogP contribution in [0.15, 0.2) is 60.7 Å². The van der Waals surface area contributed by atoms with E-state index in [2.05, 4.69) is 40.2 Å². The Kier molecular flexibility index (Phi) is 6.71. The van der Waals surface area contributed by atoms with Crippen molar-refractivity contribution >= 4 is 5.82 Å². The SMILES string of the molecule is C.N#Cc1c(C2CCCN(Cc3ccccc3)C2)cc(-c2ccccc2O)nc1N. The molecule has 2 aromatic carbocycles. The van der Waals surface area contributed by atoms with E-state index in [-0.39, 0.29) is 24.9 Å². The summed E-state index contributed by atoms with van der Waals surface area (Å²) in [5.74, 6) is 0.588. The third kappa shape index (κ3) is 4.45. The van der Waals surface area contributed by atoms with Crippen molar-refractivity contribution < 1.29 is 5.11 Å². The van der Waals surface area contributed by atoms with Gasteiger partial charge in [0, 0.05) is 18.7 Å². The van der Waals surface area contributed by atoms with E-state index in [1.165, 1.54) is 5.56 Å². The molecular formula is C25H28N4O. The number of nitriles is 1. The summed E-state index contributed by atoms with van der Waals surface area (Å²) >= 11 is 0. The number of hydrogen-bond acceptors (Lipinski definition) is 5. The molecule has 3 aromatic rings. The van der Waals surface area contributed by atoms with Crippen LogP contribution in [0.5, 0.6) is 5.75 Å². The predicted molar refractivity (Wildman–Crippen MR) is 121 cm³/mol. The fourth-order valence-electron chi connectivity index (χ4n) is 4.15. The summed E-state index contributed by atoms with van der Waals surface area (Å²) < 4.78 is 0. The molecule has 0 spiro atoms. The van der Waals surface area contributed by atoms with Gasteiger partial charge in [-0.2, -0.15) is 5.26 Å². The van der Waals surface area contributed by atoms with Gasteiger partial charge in [-0.25, -0.2) is 4.98 Å². The predicted octanol–water partition coefficient (Wildman–Crippen LogP) is 4.92. The minimum atomic E-state index is 0. The first-order valence-corrected chi connectivity index (χ1v) is 9.91. The van der Waals surface area contributed by atoms with E-state index < -0.39 is 0 Å². The first kappa shape index (κ1) is 21.4. The van der Waals surface area contributed by atoms with Crippen LogP contribution in [0.1, 0.15) is 42.9 Å². The second kappa shape index (κ2) is 9.43. The van der Waals surface area contributed by atoms with Crippen molar-refractivity contribution in [3.05, 3.63) is 77.4 Å². The highest BCUT2D eigenvalue weighted by Crippen LogP contribution is 2.36. The molecule has 0 radical (unpaired) electrons. The van der Waals surface area contributed by atoms with Crippen molar-refractivity contribution in [1.29, 1.82) is 5.26 Å². The molecule has 1 aliphatic rings. The maximum Gasteiger partial charge on any atom is 0.142 e. The molecule has 0 saturated carbocycles. The zero-order chi connectivity index (χ0) is 20.2. The van der Waals surface area contributed by atoms with E-state index in [0.29, 0.717) is 16.8 Å². The van der Waals surface area contributed by atoms with Crippen LogP contribution in [0.3, 0.4) is 0 Å². The van der Waals surface area contributed by atoms with E-state index in [0.717, 1.165) is 38.0 Å². The second-order valence-electron chi connectivity index (χ2n) is 7.55. The topological polar surface area (TPSA) is 86.2 Å². The van der Waals surface area contributed by atoms with Gasteiger partial charge in [0.25, 0.3) is 0 Å². The Labute approximate surface area is 178 Å². The first-order valence-electron chi connectivity index (χ1n) is 9.91. The number of anilines is 1. The van der Waals surface area contributed by atoms with Gasteiger partial charge >= 0.3 is 0 Å². The summed E-state index contributed by atoms with van der Waals surface area (Å²) in [5, 5.41) is 19.9. The smallest absolute Gasteiger partial charge is 0.142 e. The Morgan fingerprint density at radius 2 is 1.87 bits per heavy atom. The number of likely N-dealkylation sites (tertiary alicyclic amines) is 1. The summed E-state index contributed by atoms with van der Waals surface area (Å²) in [5.41, 5.74) is 10.1. The van der Waals surface area contributed by atoms with Crippen molar-refractivity contribution in [1.82, 2.24) is 9.88 Å². The van der Waals surface area contributed by atoms with Crippen LogP contribution >= 0.6 is 0 Å². The monoisotopic (exact) mass is 400 g/mol. The van der Waals surface area contributed by atoms with Gasteiger partial charge in [-0.3, -0.25) is 4.90 Å². The van der Waals surface area contributed by atoms with Gasteiger partial charge in [-0.15, -0.1) is 0 Å². The first-order chi connectivity index (χ1) is 14.2. The largest absolute Gasteiger partial charge is 0.507 e. The van der Waals surface area contributed by atoms with Crippen LogP contribution in [0, 0.1) is 11.3 Å². The number of piperidine rings is 1. The number of para-hydroxylation sites is 1. The summed E-state index contributed by atoms with van der Waals surface area (Å²) in [6.45, 7) is 2.81. The number of aromatic nitrogens is 1. The van der Waals surface area contributed by atoms with Gasteiger partial charge < -0.3 is 10.8 Å². The standard InChI is InChI=1S/C24H24N4O.CH4/c25-14-21-20(13-22(27-24(21)26)19-10-4-5-11-23(19)29)18-9-6-12-28(16-18)15-17-7-2-1-3-8-17;/h1-5,7-8,10-11,13,18,29H,6,9,12,15-16H2,(H2,26,27);1H4. The second-order valence-corrected chi connectivity index (χ2v) is 7.55. The van der Waals surface area contributed by atoms with E-state index >= 15 is 0 Å². The van der Waals surface area contributed by atoms with Gasteiger partial charge in [0.1, 0.15) is 17.6 Å². The fraction of sp³-hybridized carbons (Fsp3) is 0.280. The van der Waals surface area contributed by atoms with Gasteiger partial charge in [0.05, 0.1) is 11.3 Å². The molecule has 1 aromatic heterocycles. The van der Waals surface area contributed by atoms with Crippen molar-refractivity contribution in [3.8, 4) is 23.1 Å². The number of hydrogen-bond donors (Lipinski definition) is 2. The van der Waals surface area contributed by atoms with Crippen molar-refractivity contribution in [2.24, 2.45) is 0 Å². The Bertz CT molecular complexity index is 1040. The summed E-state index contributed by atoms with van der Waals surface area (Å²) in [6.07, 6.45) is 2.07. The minimum Gasteiger partial charge on any atom is -0.507 e. The normalized spacial score (nSPS) is 16.4. The average Bonchev–Trinajstić information content (AvgIpc) is 2.74. The maximum absolute atomic E-state index is 10.2. The van der Waals surface area contributed by atoms with Gasteiger partial charge in [-0.05, 0) is 54.6 Å².